The topological polar surface area (TPSA) is 8.17 Å². The molecule has 0 spiro atoms. The second-order valence-corrected chi connectivity index (χ2v) is 17.9. The van der Waals surface area contributed by atoms with Crippen LogP contribution in [0.15, 0.2) is 279 Å². The van der Waals surface area contributed by atoms with Crippen LogP contribution < -0.4 is 4.90 Å². The minimum Gasteiger partial charge on any atom is -0.309 e. The first-order valence-corrected chi connectivity index (χ1v) is 23.9. The van der Waals surface area contributed by atoms with Gasteiger partial charge in [0.2, 0.25) is 0 Å². The molecule has 1 heterocycles. The number of aromatic nitrogens is 1. The quantitative estimate of drug-likeness (QED) is 0.140. The summed E-state index contributed by atoms with van der Waals surface area (Å²) in [6.45, 7) is 0. The molecule has 0 saturated heterocycles. The molecule has 0 radical (unpaired) electrons. The van der Waals surface area contributed by atoms with Crippen molar-refractivity contribution in [1.29, 1.82) is 0 Å². The average Bonchev–Trinajstić information content (AvgIpc) is 3.93. The van der Waals surface area contributed by atoms with Gasteiger partial charge in [-0.2, -0.15) is 0 Å². The number of anilines is 3. The number of fused-ring (bicyclic) bond motifs is 6. The molecule has 0 fully saturated rings. The Morgan fingerprint density at radius 1 is 0.290 bits per heavy atom. The van der Waals surface area contributed by atoms with Crippen molar-refractivity contribution >= 4 is 38.9 Å². The van der Waals surface area contributed by atoms with E-state index in [4.69, 9.17) is 0 Å². The van der Waals surface area contributed by atoms with Gasteiger partial charge in [-0.1, -0.05) is 231 Å². The van der Waals surface area contributed by atoms with Crippen molar-refractivity contribution in [3.63, 3.8) is 0 Å². The van der Waals surface area contributed by atoms with Gasteiger partial charge in [-0.15, -0.1) is 0 Å². The van der Waals surface area contributed by atoms with Gasteiger partial charge in [0.05, 0.1) is 27.8 Å². The van der Waals surface area contributed by atoms with Gasteiger partial charge in [-0.05, 0) is 104 Å². The lowest BCUT2D eigenvalue weighted by atomic mass is 9.68. The summed E-state index contributed by atoms with van der Waals surface area (Å²) < 4.78 is 2.40. The van der Waals surface area contributed by atoms with E-state index >= 15 is 0 Å². The van der Waals surface area contributed by atoms with E-state index in [2.05, 4.69) is 289 Å². The van der Waals surface area contributed by atoms with Gasteiger partial charge >= 0.3 is 0 Å². The molecule has 0 bridgehead atoms. The minimum atomic E-state index is -0.564. The van der Waals surface area contributed by atoms with Gasteiger partial charge in [-0.3, -0.25) is 0 Å². The molecule has 0 amide bonds. The molecule has 1 aromatic heterocycles. The van der Waals surface area contributed by atoms with Crippen LogP contribution >= 0.6 is 0 Å². The number of hydrogen-bond donors (Lipinski definition) is 0. The average molecular weight is 879 g/mol. The second-order valence-electron chi connectivity index (χ2n) is 17.9. The Kier molecular flexibility index (Phi) is 9.77. The number of nitrogens with zero attached hydrogens (tertiary/aromatic N) is 2. The van der Waals surface area contributed by atoms with Gasteiger partial charge in [0.25, 0.3) is 0 Å². The van der Waals surface area contributed by atoms with Crippen LogP contribution in [0.2, 0.25) is 0 Å². The van der Waals surface area contributed by atoms with Crippen molar-refractivity contribution in [2.75, 3.05) is 4.90 Å². The predicted octanol–water partition coefficient (Wildman–Crippen LogP) is 17.6. The van der Waals surface area contributed by atoms with Gasteiger partial charge < -0.3 is 9.47 Å². The molecule has 1 aliphatic carbocycles. The normalized spacial score (nSPS) is 12.5. The van der Waals surface area contributed by atoms with Gasteiger partial charge in [0, 0.05) is 33.3 Å². The van der Waals surface area contributed by atoms with Crippen molar-refractivity contribution < 1.29 is 0 Å². The largest absolute Gasteiger partial charge is 0.309 e. The Bertz CT molecular complexity index is 3720. The first-order chi connectivity index (χ1) is 34.3. The summed E-state index contributed by atoms with van der Waals surface area (Å²) in [5.41, 5.74) is 20.7. The van der Waals surface area contributed by atoms with Crippen molar-refractivity contribution in [1.82, 2.24) is 4.57 Å². The number of rotatable bonds is 9. The van der Waals surface area contributed by atoms with Crippen LogP contribution in [0.5, 0.6) is 0 Å². The van der Waals surface area contributed by atoms with Crippen molar-refractivity contribution in [3.05, 3.63) is 301 Å². The zero-order chi connectivity index (χ0) is 45.7. The highest BCUT2D eigenvalue weighted by Gasteiger charge is 2.47. The lowest BCUT2D eigenvalue weighted by Gasteiger charge is -2.35. The Balaban J connectivity index is 1.13. The van der Waals surface area contributed by atoms with E-state index in [0.29, 0.717) is 0 Å². The second kappa shape index (κ2) is 16.7. The summed E-state index contributed by atoms with van der Waals surface area (Å²) >= 11 is 0. The standard InChI is InChI=1S/C67H46N2/c1-5-23-47(24-6-1)53-31-13-14-34-57(53)65-54(48-25-7-2-8-26-48)36-21-41-63(65)69(52-45-43-51(44-46-52)68-61-39-19-16-32-55(61)56-33-17-20-40-62(56)68)64-42-22-38-60-66(64)58-35-15-18-37-59(58)67(60,49-27-9-3-10-28-49)50-29-11-4-12-30-50/h1-46H. The summed E-state index contributed by atoms with van der Waals surface area (Å²) in [6, 6.07) is 102. The summed E-state index contributed by atoms with van der Waals surface area (Å²) in [7, 11) is 0. The summed E-state index contributed by atoms with van der Waals surface area (Å²) in [6.07, 6.45) is 0. The molecule has 1 aliphatic rings. The van der Waals surface area contributed by atoms with E-state index in [0.717, 1.165) is 33.9 Å². The maximum atomic E-state index is 2.54. The van der Waals surface area contributed by atoms with Gasteiger partial charge in [-0.25, -0.2) is 0 Å². The van der Waals surface area contributed by atoms with E-state index in [1.165, 1.54) is 77.4 Å². The Morgan fingerprint density at radius 3 is 1.33 bits per heavy atom. The van der Waals surface area contributed by atoms with Crippen molar-refractivity contribution in [2.45, 2.75) is 5.41 Å². The molecule has 324 valence electrons. The molecule has 0 unspecified atom stereocenters. The first-order valence-electron chi connectivity index (χ1n) is 23.9. The Morgan fingerprint density at radius 2 is 0.725 bits per heavy atom. The van der Waals surface area contributed by atoms with Gasteiger partial charge in [0.15, 0.2) is 0 Å². The monoisotopic (exact) mass is 878 g/mol. The number of benzene rings is 11. The van der Waals surface area contributed by atoms with Crippen molar-refractivity contribution in [2.24, 2.45) is 0 Å². The van der Waals surface area contributed by atoms with Crippen molar-refractivity contribution in [3.8, 4) is 50.2 Å². The van der Waals surface area contributed by atoms with Crippen LogP contribution in [0.4, 0.5) is 17.1 Å². The molecule has 0 saturated carbocycles. The Labute approximate surface area is 403 Å². The zero-order valence-corrected chi connectivity index (χ0v) is 38.0. The molecule has 11 aromatic carbocycles. The van der Waals surface area contributed by atoms with Crippen LogP contribution in [0.3, 0.4) is 0 Å². The third-order valence-corrected chi connectivity index (χ3v) is 14.3. The number of para-hydroxylation sites is 2. The molecule has 12 aromatic rings. The molecule has 0 atom stereocenters. The fourth-order valence-corrected chi connectivity index (χ4v) is 11.5. The van der Waals surface area contributed by atoms with E-state index in [1.807, 2.05) is 0 Å². The summed E-state index contributed by atoms with van der Waals surface area (Å²) in [5.74, 6) is 0. The van der Waals surface area contributed by atoms with E-state index in [9.17, 15) is 0 Å². The number of hydrogen-bond acceptors (Lipinski definition) is 1. The smallest absolute Gasteiger partial charge is 0.0714 e. The first kappa shape index (κ1) is 40.3. The van der Waals surface area contributed by atoms with E-state index < -0.39 is 5.41 Å². The Hall–Kier alpha value is -8.98. The predicted molar refractivity (Wildman–Crippen MR) is 289 cm³/mol. The van der Waals surface area contributed by atoms with Crippen LogP contribution in [0.1, 0.15) is 22.3 Å². The third-order valence-electron chi connectivity index (χ3n) is 14.3. The fraction of sp³-hybridized carbons (Fsp3) is 0.0149. The van der Waals surface area contributed by atoms with Crippen LogP contribution in [-0.4, -0.2) is 4.57 Å². The zero-order valence-electron chi connectivity index (χ0n) is 38.0. The van der Waals surface area contributed by atoms with Gasteiger partial charge in [0.1, 0.15) is 0 Å². The highest BCUT2D eigenvalue weighted by molar-refractivity contribution is 6.09. The maximum Gasteiger partial charge on any atom is 0.0714 e. The molecule has 69 heavy (non-hydrogen) atoms. The lowest BCUT2D eigenvalue weighted by molar-refractivity contribution is 0.768. The van der Waals surface area contributed by atoms with Crippen LogP contribution in [0.25, 0.3) is 72.0 Å². The summed E-state index contributed by atoms with van der Waals surface area (Å²) in [5, 5.41) is 2.49. The SMILES string of the molecule is c1ccc(-c2ccccc2-c2c(-c3ccccc3)cccc2N(c2ccc(-n3c4ccccc4c4ccccc43)cc2)c2cccc3c2-c2ccccc2C3(c2ccccc2)c2ccccc2)cc1. The fourth-order valence-electron chi connectivity index (χ4n) is 11.5. The highest BCUT2D eigenvalue weighted by Crippen LogP contribution is 2.60. The lowest BCUT2D eigenvalue weighted by Crippen LogP contribution is -2.28. The van der Waals surface area contributed by atoms with Crippen LogP contribution in [0, 0.1) is 0 Å². The maximum absolute atomic E-state index is 2.54. The van der Waals surface area contributed by atoms with Crippen LogP contribution in [-0.2, 0) is 5.41 Å². The van der Waals surface area contributed by atoms with E-state index in [1.54, 1.807) is 0 Å². The molecule has 2 nitrogen and oxygen atoms in total. The molecular formula is C67H46N2. The molecule has 2 heteroatoms. The minimum absolute atomic E-state index is 0.564. The summed E-state index contributed by atoms with van der Waals surface area (Å²) in [4.78, 5) is 2.54. The molecule has 0 aliphatic heterocycles. The highest BCUT2D eigenvalue weighted by atomic mass is 15.1. The molecule has 13 rings (SSSR count). The molecule has 0 N–H and O–H groups in total. The third kappa shape index (κ3) is 6.41. The molecular weight excluding hydrogens is 833 g/mol. The van der Waals surface area contributed by atoms with E-state index in [-0.39, 0.29) is 0 Å².